The van der Waals surface area contributed by atoms with Crippen LogP contribution in [-0.4, -0.2) is 50.7 Å². The average molecular weight is 578 g/mol. The summed E-state index contributed by atoms with van der Waals surface area (Å²) in [6, 6.07) is 27.0. The lowest BCUT2D eigenvalue weighted by atomic mass is 9.79. The normalized spacial score (nSPS) is 13.8. The van der Waals surface area contributed by atoms with Crippen LogP contribution in [0.2, 0.25) is 5.02 Å². The van der Waals surface area contributed by atoms with Crippen LogP contribution < -0.4 is 15.5 Å². The molecule has 0 spiro atoms. The van der Waals surface area contributed by atoms with Crippen molar-refractivity contribution in [2.45, 2.75) is 13.1 Å². The molecule has 0 fully saturated rings. The molecule has 4 aromatic carbocycles. The average Bonchev–Trinajstić information content (AvgIpc) is 3.34. The summed E-state index contributed by atoms with van der Waals surface area (Å²) in [6.07, 6.45) is -0.876. The van der Waals surface area contributed by atoms with Crippen molar-refractivity contribution in [2.75, 3.05) is 7.11 Å². The van der Waals surface area contributed by atoms with E-state index in [4.69, 9.17) is 21.3 Å². The number of nitrogens with one attached hydrogen (secondary N) is 1. The lowest BCUT2D eigenvalue weighted by molar-refractivity contribution is 0.0936. The monoisotopic (exact) mass is 577 g/mol. The number of aryl methyl sites for hydroxylation is 1. The van der Waals surface area contributed by atoms with Crippen molar-refractivity contribution in [3.05, 3.63) is 124 Å². The Labute approximate surface area is 247 Å². The SMILES string of the molecule is COc1ccc2c(c1)C(c1ccc(Cl)cc1)=NC(NC(=O)c1cccc(-c3cccc(B(O)O)c3)c1)c1nnc(C)n1-2. The Hall–Kier alpha value is -4.77. The number of halogens is 1. The van der Waals surface area contributed by atoms with Gasteiger partial charge in [0, 0.05) is 21.7 Å². The van der Waals surface area contributed by atoms with E-state index in [0.717, 1.165) is 27.9 Å². The van der Waals surface area contributed by atoms with Crippen LogP contribution >= 0.6 is 11.6 Å². The van der Waals surface area contributed by atoms with Crippen molar-refractivity contribution in [1.82, 2.24) is 20.1 Å². The van der Waals surface area contributed by atoms with Crippen LogP contribution in [-0.2, 0) is 0 Å². The Morgan fingerprint density at radius 1 is 0.929 bits per heavy atom. The number of aromatic nitrogens is 3. The summed E-state index contributed by atoms with van der Waals surface area (Å²) >= 11 is 6.19. The number of carbonyl (C=O) groups is 1. The van der Waals surface area contributed by atoms with Crippen LogP contribution in [0.4, 0.5) is 0 Å². The molecule has 1 aromatic heterocycles. The van der Waals surface area contributed by atoms with Crippen molar-refractivity contribution < 1.29 is 19.6 Å². The first-order valence-corrected chi connectivity index (χ1v) is 13.5. The number of benzene rings is 4. The van der Waals surface area contributed by atoms with Gasteiger partial charge in [-0.25, -0.2) is 0 Å². The molecule has 0 saturated heterocycles. The maximum Gasteiger partial charge on any atom is 0.488 e. The molecule has 11 heteroatoms. The van der Waals surface area contributed by atoms with Gasteiger partial charge < -0.3 is 20.1 Å². The summed E-state index contributed by atoms with van der Waals surface area (Å²) in [7, 11) is 0.0102. The zero-order chi connectivity index (χ0) is 29.4. The largest absolute Gasteiger partial charge is 0.497 e. The molecule has 0 aliphatic carbocycles. The van der Waals surface area contributed by atoms with Crippen molar-refractivity contribution in [2.24, 2.45) is 4.99 Å². The fourth-order valence-electron chi connectivity index (χ4n) is 5.00. The van der Waals surface area contributed by atoms with Crippen LogP contribution in [0.25, 0.3) is 16.8 Å². The molecule has 0 saturated carbocycles. The number of rotatable bonds is 6. The summed E-state index contributed by atoms with van der Waals surface area (Å²) in [6.45, 7) is 1.84. The first-order valence-electron chi connectivity index (χ1n) is 13.1. The standard InChI is InChI=1S/C31H25BClN5O4/c1-18-36-37-30-29(35-31(39)22-7-3-5-20(15-22)21-6-4-8-23(16-21)32(40)41)34-28(19-9-11-24(33)12-10-19)26-17-25(42-2)13-14-27(26)38(18)30/h3-17,29,40-41H,1-2H3,(H,35,39). The lowest BCUT2D eigenvalue weighted by Gasteiger charge is -2.15. The molecule has 208 valence electrons. The number of amides is 1. The number of hydrogen-bond donors (Lipinski definition) is 3. The number of hydrogen-bond acceptors (Lipinski definition) is 7. The lowest BCUT2D eigenvalue weighted by Crippen LogP contribution is -2.30. The zero-order valence-electron chi connectivity index (χ0n) is 22.7. The first-order chi connectivity index (χ1) is 20.3. The van der Waals surface area contributed by atoms with Gasteiger partial charge in [0.15, 0.2) is 12.0 Å². The third-order valence-corrected chi connectivity index (χ3v) is 7.33. The predicted molar refractivity (Wildman–Crippen MR) is 162 cm³/mol. The van der Waals surface area contributed by atoms with Gasteiger partial charge in [-0.1, -0.05) is 60.1 Å². The second kappa shape index (κ2) is 11.3. The topological polar surface area (TPSA) is 122 Å². The highest BCUT2D eigenvalue weighted by Crippen LogP contribution is 2.32. The third-order valence-electron chi connectivity index (χ3n) is 7.08. The van der Waals surface area contributed by atoms with E-state index in [9.17, 15) is 14.8 Å². The van der Waals surface area contributed by atoms with Crippen LogP contribution in [0.15, 0.2) is 96.0 Å². The fraction of sp³-hybridized carbons (Fsp3) is 0.0968. The summed E-state index contributed by atoms with van der Waals surface area (Å²) < 4.78 is 7.41. The van der Waals surface area contributed by atoms with E-state index in [-0.39, 0.29) is 5.91 Å². The molecule has 1 unspecified atom stereocenters. The highest BCUT2D eigenvalue weighted by molar-refractivity contribution is 6.58. The molecule has 1 aliphatic heterocycles. The fourth-order valence-corrected chi connectivity index (χ4v) is 5.12. The number of aliphatic imine (C=N–C) groups is 1. The van der Waals surface area contributed by atoms with E-state index in [1.54, 1.807) is 55.6 Å². The molecular weight excluding hydrogens is 553 g/mol. The molecule has 6 rings (SSSR count). The minimum atomic E-state index is -1.59. The maximum atomic E-state index is 13.7. The van der Waals surface area contributed by atoms with Crippen LogP contribution in [0.1, 0.15) is 39.3 Å². The molecule has 42 heavy (non-hydrogen) atoms. The van der Waals surface area contributed by atoms with Gasteiger partial charge in [0.25, 0.3) is 5.91 Å². The van der Waals surface area contributed by atoms with Gasteiger partial charge in [0.1, 0.15) is 11.6 Å². The maximum absolute atomic E-state index is 13.7. The molecular formula is C31H25BClN5O4. The first kappa shape index (κ1) is 27.4. The zero-order valence-corrected chi connectivity index (χ0v) is 23.4. The summed E-state index contributed by atoms with van der Waals surface area (Å²) in [5.74, 6) is 1.38. The Kier molecular flexibility index (Phi) is 7.34. The molecule has 0 radical (unpaired) electrons. The van der Waals surface area contributed by atoms with Crippen LogP contribution in [0.5, 0.6) is 5.75 Å². The molecule has 1 atom stereocenters. The Balaban J connectivity index is 1.43. The molecule has 3 N–H and O–H groups in total. The smallest absolute Gasteiger partial charge is 0.488 e. The van der Waals surface area contributed by atoms with E-state index < -0.39 is 13.3 Å². The molecule has 5 aromatic rings. The van der Waals surface area contributed by atoms with Gasteiger partial charge in [0.05, 0.1) is 18.5 Å². The van der Waals surface area contributed by atoms with Crippen LogP contribution in [0, 0.1) is 6.92 Å². The van der Waals surface area contributed by atoms with E-state index in [1.165, 1.54) is 0 Å². The molecule has 1 aliphatic rings. The quantitative estimate of drug-likeness (QED) is 0.264. The number of methoxy groups -OCH3 is 1. The highest BCUT2D eigenvalue weighted by atomic mass is 35.5. The van der Waals surface area contributed by atoms with E-state index >= 15 is 0 Å². The summed E-state index contributed by atoms with van der Waals surface area (Å²) in [5.41, 5.74) is 5.26. The Bertz CT molecular complexity index is 1840. The molecule has 9 nitrogen and oxygen atoms in total. The van der Waals surface area contributed by atoms with Gasteiger partial charge in [-0.15, -0.1) is 10.2 Å². The van der Waals surface area contributed by atoms with Gasteiger partial charge in [-0.3, -0.25) is 14.4 Å². The molecule has 0 bridgehead atoms. The Morgan fingerprint density at radius 2 is 1.67 bits per heavy atom. The minimum absolute atomic E-state index is 0.357. The highest BCUT2D eigenvalue weighted by Gasteiger charge is 2.30. The number of fused-ring (bicyclic) bond motifs is 3. The summed E-state index contributed by atoms with van der Waals surface area (Å²) in [5, 5.41) is 31.5. The van der Waals surface area contributed by atoms with Crippen molar-refractivity contribution in [1.29, 1.82) is 0 Å². The van der Waals surface area contributed by atoms with Gasteiger partial charge in [-0.05, 0) is 66.0 Å². The minimum Gasteiger partial charge on any atom is -0.497 e. The second-order valence-electron chi connectivity index (χ2n) is 9.76. The van der Waals surface area contributed by atoms with Crippen molar-refractivity contribution in [3.8, 4) is 22.6 Å². The second-order valence-corrected chi connectivity index (χ2v) is 10.2. The summed E-state index contributed by atoms with van der Waals surface area (Å²) in [4.78, 5) is 18.7. The van der Waals surface area contributed by atoms with Gasteiger partial charge >= 0.3 is 7.12 Å². The predicted octanol–water partition coefficient (Wildman–Crippen LogP) is 3.86. The van der Waals surface area contributed by atoms with Gasteiger partial charge in [-0.2, -0.15) is 0 Å². The van der Waals surface area contributed by atoms with E-state index in [0.29, 0.717) is 39.2 Å². The van der Waals surface area contributed by atoms with Crippen molar-refractivity contribution in [3.63, 3.8) is 0 Å². The number of nitrogens with zero attached hydrogens (tertiary/aromatic N) is 4. The van der Waals surface area contributed by atoms with Gasteiger partial charge in [0.2, 0.25) is 0 Å². The van der Waals surface area contributed by atoms with Crippen LogP contribution in [0.3, 0.4) is 0 Å². The molecule has 2 heterocycles. The third kappa shape index (κ3) is 5.19. The molecule has 1 amide bonds. The van der Waals surface area contributed by atoms with E-state index in [2.05, 4.69) is 15.5 Å². The van der Waals surface area contributed by atoms with E-state index in [1.807, 2.05) is 54.0 Å². The number of carbonyl (C=O) groups excluding carboxylic acids is 1. The Morgan fingerprint density at radius 3 is 2.40 bits per heavy atom. The van der Waals surface area contributed by atoms with Crippen molar-refractivity contribution >= 4 is 35.8 Å². The number of ether oxygens (including phenoxy) is 1.